The summed E-state index contributed by atoms with van der Waals surface area (Å²) in [6.07, 6.45) is 6.20. The van der Waals surface area contributed by atoms with E-state index in [0.717, 1.165) is 29.7 Å². The van der Waals surface area contributed by atoms with E-state index in [2.05, 4.69) is 6.92 Å². The molecular formula is C17H26ClNO. The molecule has 0 spiro atoms. The van der Waals surface area contributed by atoms with Crippen molar-refractivity contribution in [1.82, 2.24) is 0 Å². The second kappa shape index (κ2) is 7.33. The fourth-order valence-electron chi connectivity index (χ4n) is 3.54. The number of hydrogen-bond acceptors (Lipinski definition) is 2. The summed E-state index contributed by atoms with van der Waals surface area (Å²) in [6.45, 7) is 3.09. The van der Waals surface area contributed by atoms with E-state index in [4.69, 9.17) is 22.1 Å². The Labute approximate surface area is 127 Å². The first-order chi connectivity index (χ1) is 9.67. The number of nitrogens with two attached hydrogens (primary N) is 1. The summed E-state index contributed by atoms with van der Waals surface area (Å²) in [4.78, 5) is 0. The molecule has 2 N–H and O–H groups in total. The van der Waals surface area contributed by atoms with Crippen LogP contribution >= 0.6 is 11.6 Å². The normalized spacial score (nSPS) is 26.5. The largest absolute Gasteiger partial charge is 0.496 e. The van der Waals surface area contributed by atoms with E-state index in [0.29, 0.717) is 11.8 Å². The van der Waals surface area contributed by atoms with Crippen LogP contribution in [0.1, 0.15) is 38.2 Å². The maximum Gasteiger partial charge on any atom is 0.122 e. The zero-order chi connectivity index (χ0) is 14.5. The fraction of sp³-hybridized carbons (Fsp3) is 0.647. The van der Waals surface area contributed by atoms with E-state index in [1.165, 1.54) is 31.2 Å². The van der Waals surface area contributed by atoms with Crippen LogP contribution < -0.4 is 10.5 Å². The quantitative estimate of drug-likeness (QED) is 0.879. The van der Waals surface area contributed by atoms with Gasteiger partial charge in [-0.1, -0.05) is 31.4 Å². The fourth-order valence-corrected chi connectivity index (χ4v) is 3.74. The summed E-state index contributed by atoms with van der Waals surface area (Å²) in [7, 11) is 1.73. The monoisotopic (exact) mass is 295 g/mol. The molecular weight excluding hydrogens is 270 g/mol. The first-order valence-corrected chi connectivity index (χ1v) is 8.08. The first-order valence-electron chi connectivity index (χ1n) is 7.70. The van der Waals surface area contributed by atoms with E-state index in [9.17, 15) is 0 Å². The molecule has 2 rings (SSSR count). The van der Waals surface area contributed by atoms with Crippen LogP contribution in [0.2, 0.25) is 5.02 Å². The molecule has 3 heteroatoms. The minimum absolute atomic E-state index is 0.640. The number of hydrogen-bond donors (Lipinski definition) is 1. The van der Waals surface area contributed by atoms with E-state index in [1.54, 1.807) is 7.11 Å². The van der Waals surface area contributed by atoms with E-state index in [1.807, 2.05) is 18.2 Å². The van der Waals surface area contributed by atoms with Crippen LogP contribution in [0, 0.1) is 17.8 Å². The average molecular weight is 296 g/mol. The number of methoxy groups -OCH3 is 1. The molecule has 0 aromatic heterocycles. The zero-order valence-corrected chi connectivity index (χ0v) is 13.3. The van der Waals surface area contributed by atoms with Gasteiger partial charge >= 0.3 is 0 Å². The van der Waals surface area contributed by atoms with Crippen molar-refractivity contribution in [1.29, 1.82) is 0 Å². The van der Waals surface area contributed by atoms with Crippen molar-refractivity contribution < 1.29 is 4.74 Å². The molecule has 3 unspecified atom stereocenters. The molecule has 1 saturated carbocycles. The summed E-state index contributed by atoms with van der Waals surface area (Å²) in [5, 5.41) is 0.785. The van der Waals surface area contributed by atoms with E-state index in [-0.39, 0.29) is 0 Å². The summed E-state index contributed by atoms with van der Waals surface area (Å²) >= 11 is 6.14. The van der Waals surface area contributed by atoms with Gasteiger partial charge in [0.25, 0.3) is 0 Å². The van der Waals surface area contributed by atoms with Gasteiger partial charge in [0, 0.05) is 5.02 Å². The molecule has 0 radical (unpaired) electrons. The van der Waals surface area contributed by atoms with Crippen LogP contribution in [0.4, 0.5) is 0 Å². The van der Waals surface area contributed by atoms with Gasteiger partial charge in [0.05, 0.1) is 7.11 Å². The van der Waals surface area contributed by atoms with Crippen molar-refractivity contribution >= 4 is 11.6 Å². The van der Waals surface area contributed by atoms with Gasteiger partial charge in [-0.25, -0.2) is 0 Å². The zero-order valence-electron chi connectivity index (χ0n) is 12.6. The van der Waals surface area contributed by atoms with Crippen LogP contribution in [0.3, 0.4) is 0 Å². The molecule has 0 bridgehead atoms. The number of benzene rings is 1. The lowest BCUT2D eigenvalue weighted by Gasteiger charge is -2.35. The third-order valence-electron chi connectivity index (χ3n) is 4.85. The van der Waals surface area contributed by atoms with Crippen molar-refractivity contribution in [3.63, 3.8) is 0 Å². The lowest BCUT2D eigenvalue weighted by molar-refractivity contribution is 0.179. The Bertz CT molecular complexity index is 435. The molecule has 1 aromatic rings. The summed E-state index contributed by atoms with van der Waals surface area (Å²) in [5.74, 6) is 3.10. The van der Waals surface area contributed by atoms with Gasteiger partial charge in [-0.15, -0.1) is 0 Å². The Morgan fingerprint density at radius 1 is 1.30 bits per heavy atom. The highest BCUT2D eigenvalue weighted by molar-refractivity contribution is 6.30. The summed E-state index contributed by atoms with van der Waals surface area (Å²) in [6, 6.07) is 5.90. The van der Waals surface area contributed by atoms with Crippen LogP contribution in [0.25, 0.3) is 0 Å². The highest BCUT2D eigenvalue weighted by Gasteiger charge is 2.29. The van der Waals surface area contributed by atoms with E-state index < -0.39 is 0 Å². The molecule has 1 aliphatic rings. The SMILES string of the molecule is CCC1CCC(CN)C(Cc2cc(Cl)ccc2OC)C1. The summed E-state index contributed by atoms with van der Waals surface area (Å²) < 4.78 is 5.47. The molecule has 1 aromatic carbocycles. The predicted octanol–water partition coefficient (Wildman–Crippen LogP) is 4.29. The highest BCUT2D eigenvalue weighted by atomic mass is 35.5. The molecule has 1 fully saturated rings. The Morgan fingerprint density at radius 3 is 2.75 bits per heavy atom. The van der Waals surface area contributed by atoms with Gasteiger partial charge < -0.3 is 10.5 Å². The van der Waals surface area contributed by atoms with Crippen LogP contribution in [0.15, 0.2) is 18.2 Å². The molecule has 112 valence electrons. The predicted molar refractivity (Wildman–Crippen MR) is 85.4 cm³/mol. The summed E-state index contributed by atoms with van der Waals surface area (Å²) in [5.41, 5.74) is 7.20. The molecule has 0 heterocycles. The van der Waals surface area contributed by atoms with Crippen molar-refractivity contribution in [2.24, 2.45) is 23.5 Å². The van der Waals surface area contributed by atoms with Gasteiger partial charge in [-0.05, 0) is 67.3 Å². The standard InChI is InChI=1S/C17H26ClNO/c1-3-12-4-5-13(11-19)14(8-12)9-15-10-16(18)6-7-17(15)20-2/h6-7,10,12-14H,3-5,8-9,11,19H2,1-2H3. The number of ether oxygens (including phenoxy) is 1. The van der Waals surface area contributed by atoms with Gasteiger partial charge in [0.1, 0.15) is 5.75 Å². The molecule has 0 saturated heterocycles. The maximum absolute atomic E-state index is 6.14. The third kappa shape index (κ3) is 3.67. The molecule has 20 heavy (non-hydrogen) atoms. The van der Waals surface area contributed by atoms with E-state index >= 15 is 0 Å². The van der Waals surface area contributed by atoms with Crippen molar-refractivity contribution in [3.05, 3.63) is 28.8 Å². The van der Waals surface area contributed by atoms with Crippen LogP contribution in [-0.2, 0) is 6.42 Å². The van der Waals surface area contributed by atoms with Crippen molar-refractivity contribution in [2.75, 3.05) is 13.7 Å². The van der Waals surface area contributed by atoms with Crippen LogP contribution in [-0.4, -0.2) is 13.7 Å². The molecule has 2 nitrogen and oxygen atoms in total. The maximum atomic E-state index is 6.14. The number of rotatable bonds is 5. The topological polar surface area (TPSA) is 35.2 Å². The molecule has 1 aliphatic carbocycles. The van der Waals surface area contributed by atoms with Gasteiger partial charge in [0.2, 0.25) is 0 Å². The highest BCUT2D eigenvalue weighted by Crippen LogP contribution is 2.38. The smallest absolute Gasteiger partial charge is 0.122 e. The second-order valence-electron chi connectivity index (χ2n) is 6.00. The number of halogens is 1. The third-order valence-corrected chi connectivity index (χ3v) is 5.09. The van der Waals surface area contributed by atoms with Crippen LogP contribution in [0.5, 0.6) is 5.75 Å². The molecule has 3 atom stereocenters. The Morgan fingerprint density at radius 2 is 2.10 bits per heavy atom. The minimum atomic E-state index is 0.640. The van der Waals surface area contributed by atoms with Gasteiger partial charge in [-0.3, -0.25) is 0 Å². The Kier molecular flexibility index (Phi) is 5.74. The average Bonchev–Trinajstić information content (AvgIpc) is 2.47. The second-order valence-corrected chi connectivity index (χ2v) is 6.44. The Hall–Kier alpha value is -0.730. The van der Waals surface area contributed by atoms with Gasteiger partial charge in [-0.2, -0.15) is 0 Å². The lowest BCUT2D eigenvalue weighted by atomic mass is 9.71. The van der Waals surface area contributed by atoms with Gasteiger partial charge in [0.15, 0.2) is 0 Å². The van der Waals surface area contributed by atoms with Crippen molar-refractivity contribution in [2.45, 2.75) is 39.0 Å². The molecule has 0 aliphatic heterocycles. The Balaban J connectivity index is 2.15. The van der Waals surface area contributed by atoms with Crippen molar-refractivity contribution in [3.8, 4) is 5.75 Å². The minimum Gasteiger partial charge on any atom is -0.496 e. The molecule has 0 amide bonds. The lowest BCUT2D eigenvalue weighted by Crippen LogP contribution is -2.31. The first kappa shape index (κ1) is 15.7.